The molecule has 4 heteroatoms. The van der Waals surface area contributed by atoms with Crippen molar-refractivity contribution in [3.05, 3.63) is 35.9 Å². The van der Waals surface area contributed by atoms with Crippen LogP contribution >= 0.6 is 0 Å². The smallest absolute Gasteiger partial charge is 0.144 e. The molecule has 0 amide bonds. The molecule has 0 spiro atoms. The van der Waals surface area contributed by atoms with Gasteiger partial charge in [0.2, 0.25) is 0 Å². The molecule has 0 aromatic heterocycles. The van der Waals surface area contributed by atoms with E-state index in [0.29, 0.717) is 6.54 Å². The summed E-state index contributed by atoms with van der Waals surface area (Å²) in [4.78, 5) is 2.33. The van der Waals surface area contributed by atoms with Gasteiger partial charge in [0.1, 0.15) is 5.54 Å². The highest BCUT2D eigenvalue weighted by Crippen LogP contribution is 2.28. The lowest BCUT2D eigenvalue weighted by atomic mass is 9.88. The summed E-state index contributed by atoms with van der Waals surface area (Å²) < 4.78 is 5.65. The average Bonchev–Trinajstić information content (AvgIpc) is 2.54. The van der Waals surface area contributed by atoms with Crippen LogP contribution in [0.15, 0.2) is 30.3 Å². The topological polar surface area (TPSA) is 48.3 Å². The van der Waals surface area contributed by atoms with Gasteiger partial charge in [-0.1, -0.05) is 30.3 Å². The second-order valence-corrected chi connectivity index (χ2v) is 6.10. The molecule has 2 rings (SSSR count). The average molecular weight is 287 g/mol. The second-order valence-electron chi connectivity index (χ2n) is 6.10. The molecule has 0 aliphatic carbocycles. The lowest BCUT2D eigenvalue weighted by Gasteiger charge is -2.42. The first-order valence-corrected chi connectivity index (χ1v) is 7.51. The van der Waals surface area contributed by atoms with Crippen LogP contribution in [0.3, 0.4) is 0 Å². The molecule has 1 saturated heterocycles. The van der Waals surface area contributed by atoms with E-state index in [-0.39, 0.29) is 5.60 Å². The van der Waals surface area contributed by atoms with Crippen molar-refractivity contribution in [3.63, 3.8) is 0 Å². The Morgan fingerprint density at radius 2 is 2.14 bits per heavy atom. The van der Waals surface area contributed by atoms with Crippen molar-refractivity contribution in [3.8, 4) is 6.07 Å². The molecule has 1 heterocycles. The zero-order valence-electron chi connectivity index (χ0n) is 13.2. The predicted molar refractivity (Wildman–Crippen MR) is 83.9 cm³/mol. The quantitative estimate of drug-likeness (QED) is 0.901. The number of nitrogens with one attached hydrogen (secondary N) is 1. The number of benzene rings is 1. The van der Waals surface area contributed by atoms with Gasteiger partial charge in [0.15, 0.2) is 0 Å². The summed E-state index contributed by atoms with van der Waals surface area (Å²) in [7, 11) is 3.63. The molecule has 0 bridgehead atoms. The number of methoxy groups -OCH3 is 1. The van der Waals surface area contributed by atoms with E-state index in [0.717, 1.165) is 31.5 Å². The Kier molecular flexibility index (Phi) is 5.00. The van der Waals surface area contributed by atoms with E-state index in [1.165, 1.54) is 0 Å². The number of hydrogen-bond acceptors (Lipinski definition) is 4. The number of likely N-dealkylation sites (N-methyl/N-ethyl adjacent to an activating group) is 1. The van der Waals surface area contributed by atoms with Crippen LogP contribution in [0.2, 0.25) is 0 Å². The summed E-state index contributed by atoms with van der Waals surface area (Å²) in [5.74, 6) is 0. The Balaban J connectivity index is 2.19. The van der Waals surface area contributed by atoms with Gasteiger partial charge in [-0.15, -0.1) is 0 Å². The summed E-state index contributed by atoms with van der Waals surface area (Å²) in [5.41, 5.74) is 0.233. The summed E-state index contributed by atoms with van der Waals surface area (Å²) in [5, 5.41) is 13.0. The van der Waals surface area contributed by atoms with E-state index in [1.807, 2.05) is 37.4 Å². The first kappa shape index (κ1) is 16.0. The third-order valence-corrected chi connectivity index (χ3v) is 4.58. The van der Waals surface area contributed by atoms with Crippen molar-refractivity contribution in [2.45, 2.75) is 30.9 Å². The van der Waals surface area contributed by atoms with Crippen molar-refractivity contribution in [2.75, 3.05) is 33.8 Å². The van der Waals surface area contributed by atoms with Crippen molar-refractivity contribution in [1.82, 2.24) is 10.2 Å². The molecule has 114 valence electrons. The SMILES string of the molecule is CNC(C#N)(CN1CCCC(C)(OC)C1)c1ccccc1. The molecule has 1 aromatic carbocycles. The fourth-order valence-electron chi connectivity index (χ4n) is 3.14. The maximum absolute atomic E-state index is 9.78. The van der Waals surface area contributed by atoms with Crippen molar-refractivity contribution >= 4 is 0 Å². The second kappa shape index (κ2) is 6.57. The van der Waals surface area contributed by atoms with Crippen LogP contribution in [0.1, 0.15) is 25.3 Å². The van der Waals surface area contributed by atoms with Crippen LogP contribution in [-0.2, 0) is 10.3 Å². The molecule has 1 aliphatic rings. The van der Waals surface area contributed by atoms with Gasteiger partial charge < -0.3 is 4.74 Å². The third-order valence-electron chi connectivity index (χ3n) is 4.58. The van der Waals surface area contributed by atoms with Gasteiger partial charge >= 0.3 is 0 Å². The summed E-state index contributed by atoms with van der Waals surface area (Å²) in [6.45, 7) is 4.69. The number of ether oxygens (including phenoxy) is 1. The highest BCUT2D eigenvalue weighted by Gasteiger charge is 2.37. The maximum Gasteiger partial charge on any atom is 0.144 e. The Morgan fingerprint density at radius 1 is 1.43 bits per heavy atom. The van der Waals surface area contributed by atoms with Crippen molar-refractivity contribution in [2.24, 2.45) is 0 Å². The Hall–Kier alpha value is -1.41. The van der Waals surface area contributed by atoms with E-state index in [2.05, 4.69) is 23.2 Å². The summed E-state index contributed by atoms with van der Waals surface area (Å²) in [6.07, 6.45) is 2.18. The lowest BCUT2D eigenvalue weighted by Crippen LogP contribution is -2.54. The molecule has 1 N–H and O–H groups in total. The van der Waals surface area contributed by atoms with Gasteiger partial charge in [-0.2, -0.15) is 5.26 Å². The number of nitrogens with zero attached hydrogens (tertiary/aromatic N) is 2. The molecule has 1 aromatic rings. The lowest BCUT2D eigenvalue weighted by molar-refractivity contribution is -0.0543. The first-order valence-electron chi connectivity index (χ1n) is 7.51. The summed E-state index contributed by atoms with van der Waals surface area (Å²) >= 11 is 0. The van der Waals surface area contributed by atoms with Gasteiger partial charge in [0, 0.05) is 20.2 Å². The molecule has 2 atom stereocenters. The van der Waals surface area contributed by atoms with Crippen LogP contribution < -0.4 is 5.32 Å². The van der Waals surface area contributed by atoms with E-state index in [1.54, 1.807) is 7.11 Å². The maximum atomic E-state index is 9.78. The molecule has 21 heavy (non-hydrogen) atoms. The molecular weight excluding hydrogens is 262 g/mol. The molecule has 1 fully saturated rings. The van der Waals surface area contributed by atoms with Gasteiger partial charge in [0.05, 0.1) is 11.7 Å². The fraction of sp³-hybridized carbons (Fsp3) is 0.588. The molecular formula is C17H25N3O. The molecule has 0 radical (unpaired) electrons. The zero-order chi connectivity index (χ0) is 15.3. The number of hydrogen-bond donors (Lipinski definition) is 1. The van der Waals surface area contributed by atoms with Crippen molar-refractivity contribution in [1.29, 1.82) is 5.26 Å². The minimum absolute atomic E-state index is 0.107. The van der Waals surface area contributed by atoms with Crippen LogP contribution in [0, 0.1) is 11.3 Å². The minimum Gasteiger partial charge on any atom is -0.377 e. The predicted octanol–water partition coefficient (Wildman–Crippen LogP) is 2.13. The largest absolute Gasteiger partial charge is 0.377 e. The molecule has 0 saturated carbocycles. The highest BCUT2D eigenvalue weighted by molar-refractivity contribution is 5.32. The Morgan fingerprint density at radius 3 is 2.71 bits per heavy atom. The van der Waals surface area contributed by atoms with Gasteiger partial charge in [0.25, 0.3) is 0 Å². The number of rotatable bonds is 5. The minimum atomic E-state index is -0.673. The van der Waals surface area contributed by atoms with Crippen LogP contribution in [0.4, 0.5) is 0 Å². The number of nitriles is 1. The molecule has 2 unspecified atom stereocenters. The van der Waals surface area contributed by atoms with Crippen LogP contribution in [0.25, 0.3) is 0 Å². The molecule has 4 nitrogen and oxygen atoms in total. The third kappa shape index (κ3) is 3.44. The monoisotopic (exact) mass is 287 g/mol. The highest BCUT2D eigenvalue weighted by atomic mass is 16.5. The van der Waals surface area contributed by atoms with Gasteiger partial charge in [-0.05, 0) is 38.9 Å². The van der Waals surface area contributed by atoms with Crippen LogP contribution in [-0.4, -0.2) is 44.3 Å². The first-order chi connectivity index (χ1) is 10.1. The molecule has 1 aliphatic heterocycles. The van der Waals surface area contributed by atoms with E-state index < -0.39 is 5.54 Å². The standard InChI is InChI=1S/C17H25N3O/c1-16(21-3)10-7-11-20(13-16)14-17(12-18,19-2)15-8-5-4-6-9-15/h4-6,8-9,19H,7,10-11,13-14H2,1-3H3. The Bertz CT molecular complexity index is 499. The van der Waals surface area contributed by atoms with Crippen molar-refractivity contribution < 1.29 is 4.74 Å². The zero-order valence-corrected chi connectivity index (χ0v) is 13.2. The van der Waals surface area contributed by atoms with E-state index >= 15 is 0 Å². The number of piperidine rings is 1. The fourth-order valence-corrected chi connectivity index (χ4v) is 3.14. The van der Waals surface area contributed by atoms with E-state index in [4.69, 9.17) is 4.74 Å². The van der Waals surface area contributed by atoms with Gasteiger partial charge in [-0.3, -0.25) is 10.2 Å². The Labute approximate surface area is 127 Å². The summed E-state index contributed by atoms with van der Waals surface area (Å²) in [6, 6.07) is 12.4. The van der Waals surface area contributed by atoms with Crippen LogP contribution in [0.5, 0.6) is 0 Å². The number of likely N-dealkylation sites (tertiary alicyclic amines) is 1. The normalized spacial score (nSPS) is 26.0. The van der Waals surface area contributed by atoms with E-state index in [9.17, 15) is 5.26 Å². The van der Waals surface area contributed by atoms with Gasteiger partial charge in [-0.25, -0.2) is 0 Å².